The largest absolute Gasteiger partial charge is 0.288 e. The zero-order valence-electron chi connectivity index (χ0n) is 10.5. The van der Waals surface area contributed by atoms with Crippen LogP contribution >= 0.6 is 24.0 Å². The zero-order valence-corrected chi connectivity index (χ0v) is 12.1. The third-order valence-corrected chi connectivity index (χ3v) is 3.75. The normalized spacial score (nSPS) is 18.8. The van der Waals surface area contributed by atoms with Crippen LogP contribution in [0, 0.1) is 0 Å². The third kappa shape index (κ3) is 2.62. The molecule has 0 N–H and O–H groups in total. The van der Waals surface area contributed by atoms with Crippen LogP contribution in [0.5, 0.6) is 0 Å². The first-order valence-electron chi connectivity index (χ1n) is 5.58. The quantitative estimate of drug-likeness (QED) is 0.584. The highest BCUT2D eigenvalue weighted by atomic mass is 32.2. The number of thioether (sulfide) groups is 1. The van der Waals surface area contributed by atoms with Crippen molar-refractivity contribution in [1.29, 1.82) is 0 Å². The van der Waals surface area contributed by atoms with Crippen LogP contribution in [0.2, 0.25) is 0 Å². The fourth-order valence-electron chi connectivity index (χ4n) is 1.66. The maximum Gasteiger partial charge on any atom is 0.266 e. The van der Waals surface area contributed by atoms with E-state index in [0.29, 0.717) is 9.23 Å². The lowest BCUT2D eigenvalue weighted by molar-refractivity contribution is -0.125. The summed E-state index contributed by atoms with van der Waals surface area (Å²) in [6.45, 7) is 5.93. The molecule has 18 heavy (non-hydrogen) atoms. The second kappa shape index (κ2) is 4.82. The molecule has 1 saturated heterocycles. The van der Waals surface area contributed by atoms with E-state index in [1.807, 2.05) is 39.0 Å². The average Bonchev–Trinajstić information content (AvgIpc) is 2.54. The lowest BCUT2D eigenvalue weighted by atomic mass is 10.1. The van der Waals surface area contributed by atoms with Crippen LogP contribution in [0.15, 0.2) is 29.4 Å². The van der Waals surface area contributed by atoms with E-state index in [9.17, 15) is 4.79 Å². The van der Waals surface area contributed by atoms with Crippen molar-refractivity contribution >= 4 is 40.3 Å². The van der Waals surface area contributed by atoms with Crippen molar-refractivity contribution in [3.63, 3.8) is 0 Å². The number of nitrogens with zero attached hydrogens (tertiary/aromatic N) is 2. The lowest BCUT2D eigenvalue weighted by Crippen LogP contribution is -2.44. The summed E-state index contributed by atoms with van der Waals surface area (Å²) in [5.41, 5.74) is 0.623. The van der Waals surface area contributed by atoms with E-state index in [0.717, 1.165) is 5.56 Å². The Kier molecular flexibility index (Phi) is 3.54. The molecule has 0 spiro atoms. The summed E-state index contributed by atoms with van der Waals surface area (Å²) in [6, 6.07) is 3.76. The maximum atomic E-state index is 12.3. The van der Waals surface area contributed by atoms with Gasteiger partial charge in [-0.05, 0) is 38.5 Å². The Morgan fingerprint density at radius 3 is 2.67 bits per heavy atom. The van der Waals surface area contributed by atoms with Crippen molar-refractivity contribution in [2.75, 3.05) is 0 Å². The molecule has 94 valence electrons. The average molecular weight is 278 g/mol. The highest BCUT2D eigenvalue weighted by Crippen LogP contribution is 2.36. The molecule has 0 saturated carbocycles. The summed E-state index contributed by atoms with van der Waals surface area (Å²) in [5.74, 6) is -0.0265. The van der Waals surface area contributed by atoms with E-state index in [1.54, 1.807) is 17.3 Å². The van der Waals surface area contributed by atoms with E-state index in [4.69, 9.17) is 12.2 Å². The van der Waals surface area contributed by atoms with Gasteiger partial charge >= 0.3 is 0 Å². The molecule has 0 unspecified atom stereocenters. The summed E-state index contributed by atoms with van der Waals surface area (Å²) in [6.07, 6.45) is 5.26. The standard InChI is InChI=1S/C13H14N2OS2/c1-13(2,3)15-11(16)10(18-12(15)17)7-9-5-4-6-14-8-9/h4-8H,1-3H3/b10-7-. The summed E-state index contributed by atoms with van der Waals surface area (Å²) in [5, 5.41) is 0. The number of carbonyl (C=O) groups is 1. The SMILES string of the molecule is CC(C)(C)N1C(=O)/C(=C/c2cccnc2)SC1=S. The van der Waals surface area contributed by atoms with E-state index >= 15 is 0 Å². The van der Waals surface area contributed by atoms with Gasteiger partial charge in [-0.3, -0.25) is 14.7 Å². The molecule has 0 atom stereocenters. The molecule has 3 nitrogen and oxygen atoms in total. The number of thiocarbonyl (C=S) groups is 1. The second-order valence-corrected chi connectivity index (χ2v) is 6.65. The van der Waals surface area contributed by atoms with Crippen molar-refractivity contribution in [3.05, 3.63) is 35.0 Å². The number of pyridine rings is 1. The Labute approximate surface area is 116 Å². The number of hydrogen-bond donors (Lipinski definition) is 0. The number of rotatable bonds is 1. The molecule has 1 aliphatic rings. The minimum Gasteiger partial charge on any atom is -0.288 e. The highest BCUT2D eigenvalue weighted by Gasteiger charge is 2.38. The molecule has 2 rings (SSSR count). The van der Waals surface area contributed by atoms with Gasteiger partial charge in [0, 0.05) is 17.9 Å². The Bertz CT molecular complexity index is 518. The summed E-state index contributed by atoms with van der Waals surface area (Å²) < 4.78 is 0.614. The fourth-order valence-corrected chi connectivity index (χ4v) is 3.29. The molecule has 0 radical (unpaired) electrons. The van der Waals surface area contributed by atoms with Gasteiger partial charge in [0.1, 0.15) is 4.32 Å². The lowest BCUT2D eigenvalue weighted by Gasteiger charge is -2.30. The van der Waals surface area contributed by atoms with Crippen LogP contribution in [0.1, 0.15) is 26.3 Å². The van der Waals surface area contributed by atoms with Gasteiger partial charge in [0.25, 0.3) is 5.91 Å². The van der Waals surface area contributed by atoms with E-state index in [-0.39, 0.29) is 11.4 Å². The molecule has 1 fully saturated rings. The summed E-state index contributed by atoms with van der Waals surface area (Å²) in [4.78, 5) is 18.6. The van der Waals surface area contributed by atoms with Crippen LogP contribution in [-0.2, 0) is 4.79 Å². The second-order valence-electron chi connectivity index (χ2n) is 4.97. The minimum atomic E-state index is -0.286. The Hall–Kier alpha value is -1.20. The van der Waals surface area contributed by atoms with Crippen molar-refractivity contribution < 1.29 is 4.79 Å². The van der Waals surface area contributed by atoms with E-state index < -0.39 is 0 Å². The zero-order chi connectivity index (χ0) is 13.3. The van der Waals surface area contributed by atoms with Gasteiger partial charge in [-0.2, -0.15) is 0 Å². The van der Waals surface area contributed by atoms with Crippen molar-refractivity contribution in [1.82, 2.24) is 9.88 Å². The van der Waals surface area contributed by atoms with E-state index in [1.165, 1.54) is 11.8 Å². The van der Waals surface area contributed by atoms with Gasteiger partial charge in [0.05, 0.1) is 4.91 Å². The number of aromatic nitrogens is 1. The van der Waals surface area contributed by atoms with Gasteiger partial charge in [0.15, 0.2) is 0 Å². The van der Waals surface area contributed by atoms with Gasteiger partial charge in [-0.1, -0.05) is 30.0 Å². The first-order valence-corrected chi connectivity index (χ1v) is 6.80. The molecule has 1 aromatic heterocycles. The maximum absolute atomic E-state index is 12.3. The molecule has 1 aliphatic heterocycles. The summed E-state index contributed by atoms with van der Waals surface area (Å²) in [7, 11) is 0. The predicted octanol–water partition coefficient (Wildman–Crippen LogP) is 3.08. The van der Waals surface area contributed by atoms with Crippen LogP contribution in [0.25, 0.3) is 6.08 Å². The fraction of sp³-hybridized carbons (Fsp3) is 0.308. The molecule has 5 heteroatoms. The van der Waals surface area contributed by atoms with Crippen LogP contribution < -0.4 is 0 Å². The predicted molar refractivity (Wildman–Crippen MR) is 79.0 cm³/mol. The molecule has 1 amide bonds. The Balaban J connectivity index is 2.32. The number of amides is 1. The molecule has 1 aromatic rings. The van der Waals surface area contributed by atoms with Crippen molar-refractivity contribution in [2.45, 2.75) is 26.3 Å². The van der Waals surface area contributed by atoms with Crippen LogP contribution in [-0.4, -0.2) is 25.7 Å². The monoisotopic (exact) mass is 278 g/mol. The smallest absolute Gasteiger partial charge is 0.266 e. The molecular formula is C13H14N2OS2. The highest BCUT2D eigenvalue weighted by molar-refractivity contribution is 8.26. The van der Waals surface area contributed by atoms with Gasteiger partial charge in [-0.25, -0.2) is 0 Å². The first kappa shape index (κ1) is 13.2. The van der Waals surface area contributed by atoms with Crippen LogP contribution in [0.3, 0.4) is 0 Å². The summed E-state index contributed by atoms with van der Waals surface area (Å²) >= 11 is 6.62. The van der Waals surface area contributed by atoms with Gasteiger partial charge < -0.3 is 0 Å². The Morgan fingerprint density at radius 1 is 1.44 bits per heavy atom. The molecule has 0 bridgehead atoms. The number of hydrogen-bond acceptors (Lipinski definition) is 4. The van der Waals surface area contributed by atoms with E-state index in [2.05, 4.69) is 4.98 Å². The molecule has 0 aromatic carbocycles. The first-order chi connectivity index (χ1) is 8.39. The molecule has 2 heterocycles. The van der Waals surface area contributed by atoms with Gasteiger partial charge in [-0.15, -0.1) is 0 Å². The van der Waals surface area contributed by atoms with Crippen molar-refractivity contribution in [3.8, 4) is 0 Å². The third-order valence-electron chi connectivity index (χ3n) is 2.45. The minimum absolute atomic E-state index is 0.0265. The van der Waals surface area contributed by atoms with Crippen molar-refractivity contribution in [2.24, 2.45) is 0 Å². The van der Waals surface area contributed by atoms with Gasteiger partial charge in [0.2, 0.25) is 0 Å². The Morgan fingerprint density at radius 2 is 2.17 bits per heavy atom. The number of carbonyl (C=O) groups excluding carboxylic acids is 1. The van der Waals surface area contributed by atoms with Crippen LogP contribution in [0.4, 0.5) is 0 Å². The molecular weight excluding hydrogens is 264 g/mol. The topological polar surface area (TPSA) is 33.2 Å². The molecule has 0 aliphatic carbocycles.